The van der Waals surface area contributed by atoms with Crippen LogP contribution in [0, 0.1) is 23.5 Å². The predicted octanol–water partition coefficient (Wildman–Crippen LogP) is 1.70. The smallest absolute Gasteiger partial charge is 0.263 e. The molecule has 23 heavy (non-hydrogen) atoms. The molecule has 1 heterocycles. The van der Waals surface area contributed by atoms with Gasteiger partial charge in [-0.15, -0.1) is 0 Å². The van der Waals surface area contributed by atoms with Gasteiger partial charge in [0.1, 0.15) is 5.82 Å². The third-order valence-corrected chi connectivity index (χ3v) is 3.90. The van der Waals surface area contributed by atoms with E-state index in [9.17, 15) is 18.4 Å². The van der Waals surface area contributed by atoms with Crippen LogP contribution in [0.1, 0.15) is 20.3 Å². The van der Waals surface area contributed by atoms with Gasteiger partial charge in [-0.1, -0.05) is 13.8 Å². The fraction of sp³-hybridized carbons (Fsp3) is 0.500. The molecule has 1 aromatic rings. The van der Waals surface area contributed by atoms with Crippen LogP contribution in [0.2, 0.25) is 0 Å². The standard InChI is InChI=1S/C16H20F2N2O3/c1-9(2)14(23-13-4-3-11(17)7-12(13)18)16(22)20-6-5-10(8-20)15(19)21/h3-4,7,9-10,14H,5-6,8H2,1-2H3,(H2,19,21)/t10-,14-/m1/s1. The van der Waals surface area contributed by atoms with Gasteiger partial charge in [0.2, 0.25) is 5.91 Å². The van der Waals surface area contributed by atoms with Crippen molar-refractivity contribution >= 4 is 11.8 Å². The first-order valence-electron chi connectivity index (χ1n) is 7.49. The maximum Gasteiger partial charge on any atom is 0.263 e. The molecule has 0 bridgehead atoms. The predicted molar refractivity (Wildman–Crippen MR) is 79.5 cm³/mol. The summed E-state index contributed by atoms with van der Waals surface area (Å²) in [5, 5.41) is 0. The van der Waals surface area contributed by atoms with Crippen LogP contribution in [0.4, 0.5) is 8.78 Å². The van der Waals surface area contributed by atoms with Crippen molar-refractivity contribution < 1.29 is 23.1 Å². The van der Waals surface area contributed by atoms with Crippen molar-refractivity contribution in [3.05, 3.63) is 29.8 Å². The lowest BCUT2D eigenvalue weighted by Crippen LogP contribution is -2.44. The van der Waals surface area contributed by atoms with Crippen LogP contribution < -0.4 is 10.5 Å². The van der Waals surface area contributed by atoms with E-state index >= 15 is 0 Å². The number of likely N-dealkylation sites (tertiary alicyclic amines) is 1. The molecule has 126 valence electrons. The third kappa shape index (κ3) is 3.97. The molecule has 0 saturated carbocycles. The summed E-state index contributed by atoms with van der Waals surface area (Å²) in [6, 6.07) is 2.93. The Morgan fingerprint density at radius 2 is 2.04 bits per heavy atom. The van der Waals surface area contributed by atoms with Crippen molar-refractivity contribution in [3.63, 3.8) is 0 Å². The molecule has 1 aliphatic heterocycles. The number of hydrogen-bond donors (Lipinski definition) is 1. The molecule has 2 N–H and O–H groups in total. The van der Waals surface area contributed by atoms with E-state index in [1.807, 2.05) is 0 Å². The van der Waals surface area contributed by atoms with Gasteiger partial charge in [0, 0.05) is 19.2 Å². The molecule has 1 aromatic carbocycles. The highest BCUT2D eigenvalue weighted by molar-refractivity contribution is 5.84. The number of ether oxygens (including phenoxy) is 1. The lowest BCUT2D eigenvalue weighted by Gasteiger charge is -2.26. The quantitative estimate of drug-likeness (QED) is 0.895. The topological polar surface area (TPSA) is 72.6 Å². The lowest BCUT2D eigenvalue weighted by atomic mass is 10.1. The Labute approximate surface area is 133 Å². The van der Waals surface area contributed by atoms with Crippen molar-refractivity contribution in [3.8, 4) is 5.75 Å². The van der Waals surface area contributed by atoms with Gasteiger partial charge in [0.05, 0.1) is 5.92 Å². The maximum atomic E-state index is 13.7. The molecule has 1 aliphatic rings. The summed E-state index contributed by atoms with van der Waals surface area (Å²) in [6.45, 7) is 4.19. The number of rotatable bonds is 5. The van der Waals surface area contributed by atoms with E-state index in [1.54, 1.807) is 13.8 Å². The molecule has 7 heteroatoms. The molecular formula is C16H20F2N2O3. The number of nitrogens with two attached hydrogens (primary N) is 1. The van der Waals surface area contributed by atoms with Crippen molar-refractivity contribution in [2.24, 2.45) is 17.6 Å². The van der Waals surface area contributed by atoms with Gasteiger partial charge in [-0.3, -0.25) is 9.59 Å². The Balaban J connectivity index is 2.12. The highest BCUT2D eigenvalue weighted by Crippen LogP contribution is 2.24. The Hall–Kier alpha value is -2.18. The number of carbonyl (C=O) groups is 2. The van der Waals surface area contributed by atoms with Gasteiger partial charge in [-0.2, -0.15) is 0 Å². The average molecular weight is 326 g/mol. The second-order valence-electron chi connectivity index (χ2n) is 6.03. The Bertz CT molecular complexity index is 607. The lowest BCUT2D eigenvalue weighted by molar-refractivity contribution is -0.139. The number of amides is 2. The van der Waals surface area contributed by atoms with E-state index in [1.165, 1.54) is 4.90 Å². The van der Waals surface area contributed by atoms with Crippen LogP contribution in [0.25, 0.3) is 0 Å². The average Bonchev–Trinajstić information content (AvgIpc) is 2.95. The molecular weight excluding hydrogens is 306 g/mol. The molecule has 0 radical (unpaired) electrons. The number of hydrogen-bond acceptors (Lipinski definition) is 3. The van der Waals surface area contributed by atoms with Gasteiger partial charge in [0.25, 0.3) is 5.91 Å². The van der Waals surface area contributed by atoms with Crippen molar-refractivity contribution in [1.82, 2.24) is 4.90 Å². The molecule has 0 unspecified atom stereocenters. The van der Waals surface area contributed by atoms with Crippen LogP contribution in [-0.4, -0.2) is 35.9 Å². The number of benzene rings is 1. The van der Waals surface area contributed by atoms with E-state index in [-0.39, 0.29) is 30.0 Å². The minimum Gasteiger partial charge on any atom is -0.477 e. The Kier molecular flexibility index (Phi) is 5.18. The van der Waals surface area contributed by atoms with Crippen LogP contribution in [-0.2, 0) is 9.59 Å². The fourth-order valence-corrected chi connectivity index (χ4v) is 2.55. The summed E-state index contributed by atoms with van der Waals surface area (Å²) < 4.78 is 32.2. The fourth-order valence-electron chi connectivity index (χ4n) is 2.55. The first-order valence-corrected chi connectivity index (χ1v) is 7.49. The molecule has 2 amide bonds. The number of carbonyl (C=O) groups excluding carboxylic acids is 2. The Morgan fingerprint density at radius 1 is 1.35 bits per heavy atom. The highest BCUT2D eigenvalue weighted by Gasteiger charge is 2.35. The minimum absolute atomic E-state index is 0.177. The SMILES string of the molecule is CC(C)[C@@H](Oc1ccc(F)cc1F)C(=O)N1CC[C@@H](C(N)=O)C1. The summed E-state index contributed by atoms with van der Waals surface area (Å²) in [5.41, 5.74) is 5.26. The van der Waals surface area contributed by atoms with Crippen LogP contribution >= 0.6 is 0 Å². The molecule has 2 atom stereocenters. The molecule has 0 aromatic heterocycles. The normalized spacial score (nSPS) is 19.0. The van der Waals surface area contributed by atoms with E-state index in [4.69, 9.17) is 10.5 Å². The molecule has 0 aliphatic carbocycles. The highest BCUT2D eigenvalue weighted by atomic mass is 19.1. The number of primary amides is 1. The first-order chi connectivity index (χ1) is 10.8. The van der Waals surface area contributed by atoms with E-state index in [2.05, 4.69) is 0 Å². The third-order valence-electron chi connectivity index (χ3n) is 3.90. The summed E-state index contributed by atoms with van der Waals surface area (Å²) in [6.07, 6.45) is -0.404. The second kappa shape index (κ2) is 6.93. The van der Waals surface area contributed by atoms with Crippen molar-refractivity contribution in [2.45, 2.75) is 26.4 Å². The summed E-state index contributed by atoms with van der Waals surface area (Å²) >= 11 is 0. The first kappa shape index (κ1) is 17.2. The Morgan fingerprint density at radius 3 is 2.57 bits per heavy atom. The van der Waals surface area contributed by atoms with Gasteiger partial charge in [0.15, 0.2) is 17.7 Å². The van der Waals surface area contributed by atoms with Crippen LogP contribution in [0.15, 0.2) is 18.2 Å². The molecule has 1 fully saturated rings. The molecule has 1 saturated heterocycles. The second-order valence-corrected chi connectivity index (χ2v) is 6.03. The summed E-state index contributed by atoms with van der Waals surface area (Å²) in [5.74, 6) is -3.11. The number of nitrogens with zero attached hydrogens (tertiary/aromatic N) is 1. The van der Waals surface area contributed by atoms with E-state index < -0.39 is 23.6 Å². The summed E-state index contributed by atoms with van der Waals surface area (Å²) in [4.78, 5) is 25.3. The minimum atomic E-state index is -0.915. The van der Waals surface area contributed by atoms with Gasteiger partial charge < -0.3 is 15.4 Å². The van der Waals surface area contributed by atoms with Crippen LogP contribution in [0.5, 0.6) is 5.75 Å². The zero-order valence-electron chi connectivity index (χ0n) is 13.1. The summed E-state index contributed by atoms with van der Waals surface area (Å²) in [7, 11) is 0. The number of halogens is 2. The van der Waals surface area contributed by atoms with E-state index in [0.717, 1.165) is 12.1 Å². The zero-order chi connectivity index (χ0) is 17.1. The largest absolute Gasteiger partial charge is 0.477 e. The molecule has 2 rings (SSSR count). The monoisotopic (exact) mass is 326 g/mol. The van der Waals surface area contributed by atoms with E-state index in [0.29, 0.717) is 19.0 Å². The van der Waals surface area contributed by atoms with Crippen LogP contribution in [0.3, 0.4) is 0 Å². The van der Waals surface area contributed by atoms with Gasteiger partial charge in [-0.05, 0) is 24.5 Å². The molecule has 5 nitrogen and oxygen atoms in total. The zero-order valence-corrected chi connectivity index (χ0v) is 13.1. The van der Waals surface area contributed by atoms with Crippen molar-refractivity contribution in [2.75, 3.05) is 13.1 Å². The maximum absolute atomic E-state index is 13.7. The molecule has 0 spiro atoms. The van der Waals surface area contributed by atoms with Gasteiger partial charge >= 0.3 is 0 Å². The van der Waals surface area contributed by atoms with Crippen molar-refractivity contribution in [1.29, 1.82) is 0 Å². The van der Waals surface area contributed by atoms with Gasteiger partial charge in [-0.25, -0.2) is 8.78 Å².